The highest BCUT2D eigenvalue weighted by molar-refractivity contribution is 7.99. The van der Waals surface area contributed by atoms with E-state index in [0.717, 1.165) is 12.3 Å². The van der Waals surface area contributed by atoms with E-state index in [2.05, 4.69) is 38.2 Å². The SMILES string of the molecule is CCNC(C)CC(C)Sc1cccc(OC)c1. The van der Waals surface area contributed by atoms with Gasteiger partial charge in [0.2, 0.25) is 0 Å². The number of thioether (sulfide) groups is 1. The molecule has 1 aromatic carbocycles. The van der Waals surface area contributed by atoms with Crippen LogP contribution in [0.15, 0.2) is 29.2 Å². The molecule has 0 aliphatic heterocycles. The van der Waals surface area contributed by atoms with Crippen molar-refractivity contribution in [1.82, 2.24) is 5.32 Å². The van der Waals surface area contributed by atoms with Crippen LogP contribution in [0, 0.1) is 0 Å². The first-order valence-corrected chi connectivity index (χ1v) is 7.07. The van der Waals surface area contributed by atoms with Crippen LogP contribution in [0.1, 0.15) is 27.2 Å². The molecule has 0 fully saturated rings. The normalized spacial score (nSPS) is 14.4. The number of hydrogen-bond acceptors (Lipinski definition) is 3. The molecule has 0 saturated carbocycles. The number of hydrogen-bond donors (Lipinski definition) is 1. The van der Waals surface area contributed by atoms with Gasteiger partial charge < -0.3 is 10.1 Å². The summed E-state index contributed by atoms with van der Waals surface area (Å²) in [5, 5.41) is 4.05. The van der Waals surface area contributed by atoms with Crippen molar-refractivity contribution in [2.75, 3.05) is 13.7 Å². The Balaban J connectivity index is 2.46. The third-order valence-corrected chi connectivity index (χ3v) is 3.74. The molecule has 0 heterocycles. The predicted octanol–water partition coefficient (Wildman–Crippen LogP) is 3.56. The summed E-state index contributed by atoms with van der Waals surface area (Å²) in [7, 11) is 1.71. The van der Waals surface area contributed by atoms with E-state index in [1.165, 1.54) is 11.3 Å². The van der Waals surface area contributed by atoms with Crippen LogP contribution in [0.2, 0.25) is 0 Å². The van der Waals surface area contributed by atoms with Crippen LogP contribution in [0.5, 0.6) is 5.75 Å². The molecule has 0 aliphatic carbocycles. The number of rotatable bonds is 7. The maximum Gasteiger partial charge on any atom is 0.119 e. The van der Waals surface area contributed by atoms with Gasteiger partial charge in [-0.2, -0.15) is 0 Å². The Morgan fingerprint density at radius 3 is 2.76 bits per heavy atom. The van der Waals surface area contributed by atoms with E-state index >= 15 is 0 Å². The standard InChI is InChI=1S/C14H23NOS/c1-5-15-11(2)9-12(3)17-14-8-6-7-13(10-14)16-4/h6-8,10-12,15H,5,9H2,1-4H3. The third kappa shape index (κ3) is 5.46. The summed E-state index contributed by atoms with van der Waals surface area (Å²) in [4.78, 5) is 1.28. The van der Waals surface area contributed by atoms with Crippen molar-refractivity contribution in [3.8, 4) is 5.75 Å². The summed E-state index contributed by atoms with van der Waals surface area (Å²) in [6.07, 6.45) is 1.18. The fourth-order valence-electron chi connectivity index (χ4n) is 1.88. The Labute approximate surface area is 109 Å². The lowest BCUT2D eigenvalue weighted by Crippen LogP contribution is -2.28. The first-order chi connectivity index (χ1) is 8.15. The van der Waals surface area contributed by atoms with Crippen LogP contribution in [-0.2, 0) is 0 Å². The van der Waals surface area contributed by atoms with Gasteiger partial charge in [0.1, 0.15) is 5.75 Å². The van der Waals surface area contributed by atoms with Gasteiger partial charge in [0.25, 0.3) is 0 Å². The molecule has 17 heavy (non-hydrogen) atoms. The summed E-state index contributed by atoms with van der Waals surface area (Å²) in [5.74, 6) is 0.932. The molecule has 96 valence electrons. The monoisotopic (exact) mass is 253 g/mol. The fourth-order valence-corrected chi connectivity index (χ4v) is 3.08. The van der Waals surface area contributed by atoms with Gasteiger partial charge in [-0.05, 0) is 38.1 Å². The van der Waals surface area contributed by atoms with Gasteiger partial charge in [0, 0.05) is 16.2 Å². The minimum atomic E-state index is 0.577. The van der Waals surface area contributed by atoms with Crippen molar-refractivity contribution in [3.05, 3.63) is 24.3 Å². The van der Waals surface area contributed by atoms with Gasteiger partial charge >= 0.3 is 0 Å². The molecule has 1 aromatic rings. The van der Waals surface area contributed by atoms with Crippen molar-refractivity contribution >= 4 is 11.8 Å². The predicted molar refractivity (Wildman–Crippen MR) is 76.1 cm³/mol. The molecular weight excluding hydrogens is 230 g/mol. The summed E-state index contributed by atoms with van der Waals surface area (Å²) >= 11 is 1.91. The van der Waals surface area contributed by atoms with Crippen molar-refractivity contribution in [2.24, 2.45) is 0 Å². The molecule has 2 atom stereocenters. The molecule has 0 radical (unpaired) electrons. The Hall–Kier alpha value is -0.670. The minimum absolute atomic E-state index is 0.577. The first kappa shape index (κ1) is 14.4. The Morgan fingerprint density at radius 1 is 1.35 bits per heavy atom. The Kier molecular flexibility index (Phi) is 6.45. The van der Waals surface area contributed by atoms with Crippen LogP contribution in [0.3, 0.4) is 0 Å². The number of nitrogens with one attached hydrogen (secondary N) is 1. The molecule has 0 bridgehead atoms. The number of ether oxygens (including phenoxy) is 1. The van der Waals surface area contributed by atoms with Crippen molar-refractivity contribution < 1.29 is 4.74 Å². The minimum Gasteiger partial charge on any atom is -0.497 e. The molecule has 0 aromatic heterocycles. The summed E-state index contributed by atoms with van der Waals surface area (Å²) in [6, 6.07) is 8.84. The highest BCUT2D eigenvalue weighted by Crippen LogP contribution is 2.28. The van der Waals surface area contributed by atoms with E-state index in [1.807, 2.05) is 23.9 Å². The zero-order valence-electron chi connectivity index (χ0n) is 11.2. The Bertz CT molecular complexity index is 330. The van der Waals surface area contributed by atoms with Crippen LogP contribution < -0.4 is 10.1 Å². The molecule has 0 spiro atoms. The van der Waals surface area contributed by atoms with Crippen molar-refractivity contribution in [2.45, 2.75) is 43.4 Å². The maximum absolute atomic E-state index is 5.23. The van der Waals surface area contributed by atoms with Crippen LogP contribution in [0.25, 0.3) is 0 Å². The maximum atomic E-state index is 5.23. The highest BCUT2D eigenvalue weighted by atomic mass is 32.2. The topological polar surface area (TPSA) is 21.3 Å². The smallest absolute Gasteiger partial charge is 0.119 e. The van der Waals surface area contributed by atoms with Gasteiger partial charge in [-0.3, -0.25) is 0 Å². The molecule has 0 aliphatic rings. The lowest BCUT2D eigenvalue weighted by Gasteiger charge is -2.17. The molecule has 3 heteroatoms. The third-order valence-electron chi connectivity index (χ3n) is 2.62. The zero-order chi connectivity index (χ0) is 12.7. The molecule has 1 rings (SSSR count). The van der Waals surface area contributed by atoms with Gasteiger partial charge in [-0.15, -0.1) is 11.8 Å². The van der Waals surface area contributed by atoms with Crippen molar-refractivity contribution in [3.63, 3.8) is 0 Å². The van der Waals surface area contributed by atoms with Crippen LogP contribution in [0.4, 0.5) is 0 Å². The number of methoxy groups -OCH3 is 1. The van der Waals surface area contributed by atoms with Gasteiger partial charge in [0.05, 0.1) is 7.11 Å². The summed E-state index contributed by atoms with van der Waals surface area (Å²) < 4.78 is 5.23. The number of benzene rings is 1. The zero-order valence-corrected chi connectivity index (χ0v) is 12.0. The second-order valence-corrected chi connectivity index (χ2v) is 5.81. The van der Waals surface area contributed by atoms with E-state index in [-0.39, 0.29) is 0 Å². The highest BCUT2D eigenvalue weighted by Gasteiger charge is 2.09. The van der Waals surface area contributed by atoms with E-state index in [0.29, 0.717) is 11.3 Å². The summed E-state index contributed by atoms with van der Waals surface area (Å²) in [5.41, 5.74) is 0. The molecular formula is C14H23NOS. The largest absolute Gasteiger partial charge is 0.497 e. The van der Waals surface area contributed by atoms with Gasteiger partial charge in [-0.1, -0.05) is 19.9 Å². The lowest BCUT2D eigenvalue weighted by molar-refractivity contribution is 0.413. The van der Waals surface area contributed by atoms with E-state index < -0.39 is 0 Å². The molecule has 1 N–H and O–H groups in total. The summed E-state index contributed by atoms with van der Waals surface area (Å²) in [6.45, 7) is 7.71. The Morgan fingerprint density at radius 2 is 2.12 bits per heavy atom. The average Bonchev–Trinajstić information content (AvgIpc) is 2.29. The van der Waals surface area contributed by atoms with Gasteiger partial charge in [0.15, 0.2) is 0 Å². The van der Waals surface area contributed by atoms with Gasteiger partial charge in [-0.25, -0.2) is 0 Å². The van der Waals surface area contributed by atoms with E-state index in [9.17, 15) is 0 Å². The van der Waals surface area contributed by atoms with Crippen molar-refractivity contribution in [1.29, 1.82) is 0 Å². The van der Waals surface area contributed by atoms with Crippen LogP contribution in [-0.4, -0.2) is 24.9 Å². The molecule has 2 unspecified atom stereocenters. The quantitative estimate of drug-likeness (QED) is 0.751. The fraction of sp³-hybridized carbons (Fsp3) is 0.571. The van der Waals surface area contributed by atoms with Crippen LogP contribution >= 0.6 is 11.8 Å². The van der Waals surface area contributed by atoms with E-state index in [1.54, 1.807) is 7.11 Å². The first-order valence-electron chi connectivity index (χ1n) is 6.19. The molecule has 0 saturated heterocycles. The second-order valence-electron chi connectivity index (χ2n) is 4.30. The second kappa shape index (κ2) is 7.62. The molecule has 2 nitrogen and oxygen atoms in total. The van der Waals surface area contributed by atoms with E-state index in [4.69, 9.17) is 4.74 Å². The molecule has 0 amide bonds. The lowest BCUT2D eigenvalue weighted by atomic mass is 10.2. The average molecular weight is 253 g/mol.